The molecule has 0 radical (unpaired) electrons. The Kier molecular flexibility index (Phi) is 5.62. The fourth-order valence-electron chi connectivity index (χ4n) is 1.69. The van der Waals surface area contributed by atoms with Crippen molar-refractivity contribution in [2.24, 2.45) is 5.73 Å². The number of thiocarbonyl (C=S) groups is 1. The largest absolute Gasteiger partial charge is 0.389 e. The van der Waals surface area contributed by atoms with Gasteiger partial charge in [-0.1, -0.05) is 12.2 Å². The van der Waals surface area contributed by atoms with E-state index in [1.54, 1.807) is 0 Å². The molecule has 0 saturated carbocycles. The number of aryl methyl sites for hydroxylation is 1. The Hall–Kier alpha value is -1.27. The highest BCUT2D eigenvalue weighted by molar-refractivity contribution is 7.80. The van der Waals surface area contributed by atoms with E-state index in [0.29, 0.717) is 24.0 Å². The van der Waals surface area contributed by atoms with Crippen LogP contribution in [0.2, 0.25) is 0 Å². The van der Waals surface area contributed by atoms with Gasteiger partial charge in [0.05, 0.1) is 24.0 Å². The van der Waals surface area contributed by atoms with Gasteiger partial charge in [0.15, 0.2) is 5.82 Å². The third-order valence-electron chi connectivity index (χ3n) is 2.92. The number of ether oxygens (including phenoxy) is 1. The van der Waals surface area contributed by atoms with Crippen molar-refractivity contribution in [3.63, 3.8) is 0 Å². The minimum absolute atomic E-state index is 0.217. The minimum Gasteiger partial charge on any atom is -0.389 e. The van der Waals surface area contributed by atoms with Crippen molar-refractivity contribution in [2.75, 3.05) is 25.1 Å². The van der Waals surface area contributed by atoms with Crippen molar-refractivity contribution in [3.8, 4) is 0 Å². The maximum absolute atomic E-state index is 5.80. The lowest BCUT2D eigenvalue weighted by Crippen LogP contribution is -2.28. The summed E-state index contributed by atoms with van der Waals surface area (Å²) in [6.45, 7) is 9.22. The first kappa shape index (κ1) is 15.8. The van der Waals surface area contributed by atoms with E-state index in [1.807, 2.05) is 39.6 Å². The fourth-order valence-corrected chi connectivity index (χ4v) is 1.93. The summed E-state index contributed by atoms with van der Waals surface area (Å²) >= 11 is 5.12. The molecule has 0 aliphatic carbocycles. The molecule has 0 saturated heterocycles. The summed E-state index contributed by atoms with van der Waals surface area (Å²) in [7, 11) is 1.93. The molecule has 0 aliphatic heterocycles. The molecule has 5 nitrogen and oxygen atoms in total. The van der Waals surface area contributed by atoms with Gasteiger partial charge in [0.2, 0.25) is 0 Å². The van der Waals surface area contributed by atoms with Gasteiger partial charge in [-0.25, -0.2) is 0 Å². The quantitative estimate of drug-likeness (QED) is 0.799. The van der Waals surface area contributed by atoms with Gasteiger partial charge < -0.3 is 15.4 Å². The predicted octanol–water partition coefficient (Wildman–Crippen LogP) is 1.59. The number of nitrogens with two attached hydrogens (primary N) is 1. The van der Waals surface area contributed by atoms with Gasteiger partial charge in [-0.2, -0.15) is 5.10 Å². The average Bonchev–Trinajstić information content (AvgIpc) is 2.31. The summed E-state index contributed by atoms with van der Waals surface area (Å²) in [5.41, 5.74) is 8.43. The van der Waals surface area contributed by atoms with Crippen LogP contribution in [0.4, 0.5) is 5.82 Å². The Labute approximate surface area is 120 Å². The molecule has 1 heterocycles. The topological polar surface area (TPSA) is 64.3 Å². The van der Waals surface area contributed by atoms with Crippen LogP contribution in [0, 0.1) is 13.8 Å². The van der Waals surface area contributed by atoms with E-state index in [-0.39, 0.29) is 6.10 Å². The highest BCUT2D eigenvalue weighted by atomic mass is 32.1. The molecular weight excluding hydrogens is 260 g/mol. The average molecular weight is 282 g/mol. The Morgan fingerprint density at radius 3 is 2.53 bits per heavy atom. The van der Waals surface area contributed by atoms with E-state index < -0.39 is 0 Å². The number of nitrogens with zero attached hydrogens (tertiary/aromatic N) is 3. The lowest BCUT2D eigenvalue weighted by Gasteiger charge is -2.22. The molecule has 6 heteroatoms. The Morgan fingerprint density at radius 1 is 1.37 bits per heavy atom. The molecule has 0 amide bonds. The summed E-state index contributed by atoms with van der Waals surface area (Å²) in [4.78, 5) is 2.32. The van der Waals surface area contributed by atoms with Crippen molar-refractivity contribution in [1.82, 2.24) is 10.2 Å². The third kappa shape index (κ3) is 4.11. The highest BCUT2D eigenvalue weighted by Crippen LogP contribution is 2.21. The lowest BCUT2D eigenvalue weighted by molar-refractivity contribution is 0.0845. The van der Waals surface area contributed by atoms with Gasteiger partial charge in [-0.3, -0.25) is 0 Å². The van der Waals surface area contributed by atoms with E-state index in [4.69, 9.17) is 22.7 Å². The van der Waals surface area contributed by atoms with Crippen LogP contribution in [0.1, 0.15) is 30.7 Å². The Balaban J connectivity index is 2.93. The molecule has 1 rings (SSSR count). The van der Waals surface area contributed by atoms with Gasteiger partial charge in [0.25, 0.3) is 0 Å². The molecule has 2 N–H and O–H groups in total. The fraction of sp³-hybridized carbons (Fsp3) is 0.615. The van der Waals surface area contributed by atoms with Crippen LogP contribution in [0.5, 0.6) is 0 Å². The van der Waals surface area contributed by atoms with E-state index in [2.05, 4.69) is 10.2 Å². The van der Waals surface area contributed by atoms with Crippen LogP contribution in [0.15, 0.2) is 0 Å². The molecule has 0 aliphatic rings. The zero-order valence-corrected chi connectivity index (χ0v) is 13.0. The standard InChI is InChI=1S/C13H22N4OS/c1-8(2)18-7-6-17(5)13-11(12(14)19)9(3)10(4)15-16-13/h8H,6-7H2,1-5H3,(H2,14,19). The number of hydrogen-bond donors (Lipinski definition) is 1. The van der Waals surface area contributed by atoms with Crippen LogP contribution in [-0.2, 0) is 4.74 Å². The molecule has 0 bridgehead atoms. The first-order valence-corrected chi connectivity index (χ1v) is 6.71. The SMILES string of the molecule is Cc1nnc(N(C)CCOC(C)C)c(C(N)=S)c1C. The smallest absolute Gasteiger partial charge is 0.161 e. The zero-order chi connectivity index (χ0) is 14.6. The summed E-state index contributed by atoms with van der Waals surface area (Å²) in [5.74, 6) is 0.711. The van der Waals surface area contributed by atoms with Crippen molar-refractivity contribution < 1.29 is 4.74 Å². The van der Waals surface area contributed by atoms with E-state index in [1.165, 1.54) is 0 Å². The van der Waals surface area contributed by atoms with Gasteiger partial charge in [-0.15, -0.1) is 5.10 Å². The molecule has 0 aromatic carbocycles. The van der Waals surface area contributed by atoms with E-state index in [9.17, 15) is 0 Å². The zero-order valence-electron chi connectivity index (χ0n) is 12.2. The van der Waals surface area contributed by atoms with Crippen LogP contribution in [0.3, 0.4) is 0 Å². The van der Waals surface area contributed by atoms with Gasteiger partial charge in [0.1, 0.15) is 4.99 Å². The number of anilines is 1. The normalized spacial score (nSPS) is 10.8. The second-order valence-electron chi connectivity index (χ2n) is 4.81. The second-order valence-corrected chi connectivity index (χ2v) is 5.25. The van der Waals surface area contributed by atoms with Crippen LogP contribution in [0.25, 0.3) is 0 Å². The minimum atomic E-state index is 0.217. The Bertz CT molecular complexity index is 462. The van der Waals surface area contributed by atoms with Gasteiger partial charge in [0, 0.05) is 13.6 Å². The van der Waals surface area contributed by atoms with Crippen LogP contribution < -0.4 is 10.6 Å². The van der Waals surface area contributed by atoms with Crippen molar-refractivity contribution >= 4 is 23.0 Å². The van der Waals surface area contributed by atoms with Crippen LogP contribution >= 0.6 is 12.2 Å². The molecule has 19 heavy (non-hydrogen) atoms. The number of likely N-dealkylation sites (N-methyl/N-ethyl adjacent to an activating group) is 1. The first-order valence-electron chi connectivity index (χ1n) is 6.31. The molecule has 106 valence electrons. The molecule has 0 spiro atoms. The van der Waals surface area contributed by atoms with E-state index >= 15 is 0 Å². The third-order valence-corrected chi connectivity index (χ3v) is 3.13. The van der Waals surface area contributed by atoms with E-state index in [0.717, 1.165) is 16.8 Å². The van der Waals surface area contributed by atoms with Gasteiger partial charge >= 0.3 is 0 Å². The second kappa shape index (κ2) is 6.77. The summed E-state index contributed by atoms with van der Waals surface area (Å²) < 4.78 is 5.53. The number of hydrogen-bond acceptors (Lipinski definition) is 5. The molecule has 0 atom stereocenters. The van der Waals surface area contributed by atoms with Crippen molar-refractivity contribution in [3.05, 3.63) is 16.8 Å². The van der Waals surface area contributed by atoms with Gasteiger partial charge in [-0.05, 0) is 33.3 Å². The maximum Gasteiger partial charge on any atom is 0.161 e. The summed E-state index contributed by atoms with van der Waals surface area (Å²) in [6, 6.07) is 0. The first-order chi connectivity index (χ1) is 8.84. The van der Waals surface area contributed by atoms with Crippen molar-refractivity contribution in [1.29, 1.82) is 0 Å². The Morgan fingerprint density at radius 2 is 2.00 bits per heavy atom. The number of rotatable bonds is 6. The lowest BCUT2D eigenvalue weighted by atomic mass is 10.1. The monoisotopic (exact) mass is 282 g/mol. The maximum atomic E-state index is 5.80. The molecule has 1 aromatic heterocycles. The highest BCUT2D eigenvalue weighted by Gasteiger charge is 2.16. The molecule has 1 aromatic rings. The van der Waals surface area contributed by atoms with Crippen molar-refractivity contribution in [2.45, 2.75) is 33.8 Å². The summed E-state index contributed by atoms with van der Waals surface area (Å²) in [6.07, 6.45) is 0.217. The molecule has 0 unspecified atom stereocenters. The molecular formula is C13H22N4OS. The summed E-state index contributed by atoms with van der Waals surface area (Å²) in [5, 5.41) is 8.35. The van der Waals surface area contributed by atoms with Crippen LogP contribution in [-0.4, -0.2) is 41.5 Å². The predicted molar refractivity (Wildman–Crippen MR) is 81.8 cm³/mol. The molecule has 0 fully saturated rings. The number of aromatic nitrogens is 2.